The molecule has 1 aromatic heterocycles. The van der Waals surface area contributed by atoms with Crippen LogP contribution in [0.25, 0.3) is 0 Å². The number of rotatable bonds is 6. The van der Waals surface area contributed by atoms with E-state index >= 15 is 0 Å². The van der Waals surface area contributed by atoms with Crippen LogP contribution in [0.4, 0.5) is 5.13 Å². The normalized spacial score (nSPS) is 13.1. The van der Waals surface area contributed by atoms with Crippen LogP contribution in [0.5, 0.6) is 0 Å². The number of halogens is 1. The van der Waals surface area contributed by atoms with Crippen LogP contribution in [-0.4, -0.2) is 21.8 Å². The third kappa shape index (κ3) is 4.34. The molecule has 1 N–H and O–H groups in total. The fraction of sp³-hybridized carbons (Fsp3) is 0.800. The average Bonchev–Trinajstić information content (AvgIpc) is 2.63. The van der Waals surface area contributed by atoms with E-state index in [0.29, 0.717) is 11.8 Å². The Morgan fingerprint density at radius 3 is 2.67 bits per heavy atom. The lowest BCUT2D eigenvalue weighted by Crippen LogP contribution is -2.11. The van der Waals surface area contributed by atoms with Crippen molar-refractivity contribution >= 4 is 28.3 Å². The Morgan fingerprint density at radius 1 is 1.40 bits per heavy atom. The third-order valence-electron chi connectivity index (χ3n) is 2.16. The van der Waals surface area contributed by atoms with Crippen molar-refractivity contribution in [3.63, 3.8) is 0 Å². The summed E-state index contributed by atoms with van der Waals surface area (Å²) in [6.45, 7) is 7.29. The summed E-state index contributed by atoms with van der Waals surface area (Å²) in [5.41, 5.74) is 0. The molecular formula is C10H18ClN3S. The summed E-state index contributed by atoms with van der Waals surface area (Å²) in [6, 6.07) is 0. The average molecular weight is 248 g/mol. The number of aromatic nitrogens is 2. The molecule has 1 heterocycles. The molecule has 5 heteroatoms. The van der Waals surface area contributed by atoms with E-state index in [1.807, 2.05) is 0 Å². The summed E-state index contributed by atoms with van der Waals surface area (Å²) in [7, 11) is 0. The second-order valence-corrected chi connectivity index (χ2v) is 5.21. The first-order valence-corrected chi connectivity index (χ1v) is 6.57. The molecule has 0 radical (unpaired) electrons. The van der Waals surface area contributed by atoms with Crippen molar-refractivity contribution in [3.05, 3.63) is 5.82 Å². The Kier molecular flexibility index (Phi) is 5.32. The van der Waals surface area contributed by atoms with Gasteiger partial charge in [0.05, 0.1) is 0 Å². The highest BCUT2D eigenvalue weighted by Gasteiger charge is 2.08. The van der Waals surface area contributed by atoms with Gasteiger partial charge >= 0.3 is 0 Å². The van der Waals surface area contributed by atoms with E-state index in [-0.39, 0.29) is 0 Å². The van der Waals surface area contributed by atoms with Crippen LogP contribution in [0.1, 0.15) is 38.9 Å². The minimum atomic E-state index is 0.400. The van der Waals surface area contributed by atoms with Crippen molar-refractivity contribution in [3.8, 4) is 0 Å². The van der Waals surface area contributed by atoms with Crippen molar-refractivity contribution < 1.29 is 0 Å². The lowest BCUT2D eigenvalue weighted by atomic mass is 10.1. The molecule has 0 aliphatic rings. The summed E-state index contributed by atoms with van der Waals surface area (Å²) < 4.78 is 4.28. The zero-order chi connectivity index (χ0) is 11.3. The summed E-state index contributed by atoms with van der Waals surface area (Å²) in [5.74, 6) is 2.62. The quantitative estimate of drug-likeness (QED) is 0.784. The van der Waals surface area contributed by atoms with E-state index in [1.165, 1.54) is 11.5 Å². The maximum absolute atomic E-state index is 5.67. The smallest absolute Gasteiger partial charge is 0.202 e. The summed E-state index contributed by atoms with van der Waals surface area (Å²) in [6.07, 6.45) is 1.03. The molecule has 1 rings (SSSR count). The molecule has 0 bridgehead atoms. The predicted molar refractivity (Wildman–Crippen MR) is 67.0 cm³/mol. The molecule has 86 valence electrons. The number of hydrogen-bond donors (Lipinski definition) is 1. The van der Waals surface area contributed by atoms with Crippen molar-refractivity contribution in [2.75, 3.05) is 17.7 Å². The molecule has 0 saturated carbocycles. The molecule has 0 fully saturated rings. The van der Waals surface area contributed by atoms with Gasteiger partial charge in [-0.1, -0.05) is 20.8 Å². The second-order valence-electron chi connectivity index (χ2n) is 4.08. The van der Waals surface area contributed by atoms with E-state index < -0.39 is 0 Å². The summed E-state index contributed by atoms with van der Waals surface area (Å²) in [4.78, 5) is 4.41. The van der Waals surface area contributed by atoms with Gasteiger partial charge in [0.25, 0.3) is 0 Å². The first-order chi connectivity index (χ1) is 7.13. The molecule has 0 amide bonds. The van der Waals surface area contributed by atoms with Crippen molar-refractivity contribution in [2.45, 2.75) is 33.1 Å². The lowest BCUT2D eigenvalue weighted by Gasteiger charge is -2.08. The number of nitrogens with one attached hydrogen (secondary N) is 1. The van der Waals surface area contributed by atoms with E-state index in [9.17, 15) is 0 Å². The number of nitrogens with zero attached hydrogens (tertiary/aromatic N) is 2. The first kappa shape index (κ1) is 12.7. The maximum atomic E-state index is 5.67. The fourth-order valence-electron chi connectivity index (χ4n) is 1.09. The highest BCUT2D eigenvalue weighted by molar-refractivity contribution is 7.09. The van der Waals surface area contributed by atoms with Gasteiger partial charge in [-0.25, -0.2) is 4.98 Å². The summed E-state index contributed by atoms with van der Waals surface area (Å²) >= 11 is 7.10. The van der Waals surface area contributed by atoms with Crippen LogP contribution in [0, 0.1) is 5.92 Å². The number of hydrogen-bond acceptors (Lipinski definition) is 4. The van der Waals surface area contributed by atoms with Crippen LogP contribution in [-0.2, 0) is 0 Å². The summed E-state index contributed by atoms with van der Waals surface area (Å²) in [5, 5.41) is 4.21. The zero-order valence-electron chi connectivity index (χ0n) is 9.46. The van der Waals surface area contributed by atoms with Crippen molar-refractivity contribution in [1.29, 1.82) is 0 Å². The fourth-order valence-corrected chi connectivity index (χ4v) is 2.18. The zero-order valence-corrected chi connectivity index (χ0v) is 11.0. The van der Waals surface area contributed by atoms with Crippen LogP contribution >= 0.6 is 23.1 Å². The first-order valence-electron chi connectivity index (χ1n) is 5.27. The van der Waals surface area contributed by atoms with Gasteiger partial charge in [-0.15, -0.1) is 11.6 Å². The molecule has 0 aliphatic carbocycles. The van der Waals surface area contributed by atoms with E-state index in [4.69, 9.17) is 11.6 Å². The van der Waals surface area contributed by atoms with E-state index in [2.05, 4.69) is 35.4 Å². The predicted octanol–water partition coefficient (Wildman–Crippen LogP) is 3.34. The molecule has 15 heavy (non-hydrogen) atoms. The SMILES string of the molecule is CC(CCCl)CNc1nc(C(C)C)ns1. The van der Waals surface area contributed by atoms with Crippen LogP contribution in [0.3, 0.4) is 0 Å². The van der Waals surface area contributed by atoms with Crippen LogP contribution < -0.4 is 5.32 Å². The van der Waals surface area contributed by atoms with Gasteiger partial charge in [-0.2, -0.15) is 4.37 Å². The monoisotopic (exact) mass is 247 g/mol. The third-order valence-corrected chi connectivity index (χ3v) is 3.07. The Bertz CT molecular complexity index is 288. The standard InChI is InChI=1S/C10H18ClN3S/c1-7(2)9-13-10(15-14-9)12-6-8(3)4-5-11/h7-8H,4-6H2,1-3H3,(H,12,13,14). The van der Waals surface area contributed by atoms with Crippen LogP contribution in [0.15, 0.2) is 0 Å². The topological polar surface area (TPSA) is 37.8 Å². The molecule has 0 saturated heterocycles. The van der Waals surface area contributed by atoms with Gasteiger partial charge < -0.3 is 5.32 Å². The van der Waals surface area contributed by atoms with Gasteiger partial charge in [-0.3, -0.25) is 0 Å². The van der Waals surface area contributed by atoms with Gasteiger partial charge in [0.15, 0.2) is 0 Å². The van der Waals surface area contributed by atoms with E-state index in [1.54, 1.807) is 0 Å². The molecule has 1 aromatic rings. The maximum Gasteiger partial charge on any atom is 0.202 e. The Hall–Kier alpha value is -0.350. The van der Waals surface area contributed by atoms with E-state index in [0.717, 1.165) is 29.8 Å². The van der Waals surface area contributed by atoms with Gasteiger partial charge in [0.2, 0.25) is 5.13 Å². The molecule has 0 spiro atoms. The van der Waals surface area contributed by atoms with Crippen LogP contribution in [0.2, 0.25) is 0 Å². The molecule has 1 unspecified atom stereocenters. The largest absolute Gasteiger partial charge is 0.360 e. The minimum Gasteiger partial charge on any atom is -0.360 e. The van der Waals surface area contributed by atoms with Gasteiger partial charge in [-0.05, 0) is 12.3 Å². The molecular weight excluding hydrogens is 230 g/mol. The molecule has 1 atom stereocenters. The minimum absolute atomic E-state index is 0.400. The Morgan fingerprint density at radius 2 is 2.13 bits per heavy atom. The molecule has 0 aliphatic heterocycles. The van der Waals surface area contributed by atoms with Crippen molar-refractivity contribution in [2.24, 2.45) is 5.92 Å². The number of alkyl halides is 1. The molecule has 3 nitrogen and oxygen atoms in total. The van der Waals surface area contributed by atoms with Gasteiger partial charge in [0, 0.05) is 29.9 Å². The van der Waals surface area contributed by atoms with Crippen molar-refractivity contribution in [1.82, 2.24) is 9.36 Å². The second kappa shape index (κ2) is 6.28. The highest BCUT2D eigenvalue weighted by Crippen LogP contribution is 2.17. The Balaban J connectivity index is 2.37. The molecule has 0 aromatic carbocycles. The lowest BCUT2D eigenvalue weighted by molar-refractivity contribution is 0.596. The Labute approximate surface area is 100 Å². The highest BCUT2D eigenvalue weighted by atomic mass is 35.5. The number of anilines is 1. The van der Waals surface area contributed by atoms with Gasteiger partial charge in [0.1, 0.15) is 5.82 Å².